The summed E-state index contributed by atoms with van der Waals surface area (Å²) in [6.45, 7) is 6.39. The number of Topliss-reactive ketones (excluding diaryl/α,β-unsaturated/α-hetero) is 1. The number of halogens is 1. The molecular formula is C19H27FN2O2. The maximum absolute atomic E-state index is 13.3. The van der Waals surface area contributed by atoms with Crippen LogP contribution in [0.25, 0.3) is 0 Å². The molecule has 0 spiro atoms. The van der Waals surface area contributed by atoms with Crippen LogP contribution in [-0.4, -0.2) is 42.3 Å². The molecular weight excluding hydrogens is 307 g/mol. The van der Waals surface area contributed by atoms with E-state index in [2.05, 4.69) is 12.2 Å². The molecule has 1 unspecified atom stereocenters. The topological polar surface area (TPSA) is 49.4 Å². The van der Waals surface area contributed by atoms with E-state index in [9.17, 15) is 14.0 Å². The summed E-state index contributed by atoms with van der Waals surface area (Å²) in [6, 6.07) is 5.93. The van der Waals surface area contributed by atoms with Crippen LogP contribution < -0.4 is 5.32 Å². The number of benzene rings is 1. The third kappa shape index (κ3) is 4.87. The Hall–Kier alpha value is -1.75. The fourth-order valence-electron chi connectivity index (χ4n) is 3.27. The Morgan fingerprint density at radius 2 is 2.04 bits per heavy atom. The number of hydrogen-bond donors (Lipinski definition) is 1. The molecule has 1 heterocycles. The summed E-state index contributed by atoms with van der Waals surface area (Å²) >= 11 is 0. The predicted octanol–water partition coefficient (Wildman–Crippen LogP) is 3.03. The number of rotatable bonds is 7. The van der Waals surface area contributed by atoms with Crippen LogP contribution in [0.2, 0.25) is 0 Å². The fraction of sp³-hybridized carbons (Fsp3) is 0.579. The standard InChI is InChI=1S/C19H27FN2O2/c1-3-11-22(17-7-9-21-10-8-17)18(23)12-14(2)19(24)15-5-4-6-16(20)13-15/h4-6,13-14,17,21H,3,7-12H2,1-2H3. The number of carbonyl (C=O) groups is 2. The molecule has 132 valence electrons. The Balaban J connectivity index is 2.00. The second-order valence-corrected chi connectivity index (χ2v) is 6.55. The molecule has 1 saturated heterocycles. The molecule has 0 aromatic heterocycles. The first-order chi connectivity index (χ1) is 11.5. The Morgan fingerprint density at radius 1 is 1.33 bits per heavy atom. The van der Waals surface area contributed by atoms with Crippen LogP contribution in [0.5, 0.6) is 0 Å². The second kappa shape index (κ2) is 8.92. The van der Waals surface area contributed by atoms with Crippen molar-refractivity contribution in [3.63, 3.8) is 0 Å². The van der Waals surface area contributed by atoms with Gasteiger partial charge in [0.1, 0.15) is 5.82 Å². The summed E-state index contributed by atoms with van der Waals surface area (Å²) < 4.78 is 13.3. The molecule has 0 saturated carbocycles. The van der Waals surface area contributed by atoms with Gasteiger partial charge in [-0.15, -0.1) is 0 Å². The highest BCUT2D eigenvalue weighted by molar-refractivity contribution is 5.99. The monoisotopic (exact) mass is 334 g/mol. The van der Waals surface area contributed by atoms with Gasteiger partial charge in [-0.1, -0.05) is 26.0 Å². The summed E-state index contributed by atoms with van der Waals surface area (Å²) in [6.07, 6.45) is 3.00. The van der Waals surface area contributed by atoms with Crippen LogP contribution in [-0.2, 0) is 4.79 Å². The van der Waals surface area contributed by atoms with E-state index in [0.29, 0.717) is 5.56 Å². The van der Waals surface area contributed by atoms with Gasteiger partial charge in [-0.3, -0.25) is 9.59 Å². The number of amides is 1. The normalized spacial score (nSPS) is 16.6. The van der Waals surface area contributed by atoms with Crippen molar-refractivity contribution in [2.75, 3.05) is 19.6 Å². The van der Waals surface area contributed by atoms with Gasteiger partial charge in [-0.05, 0) is 44.5 Å². The van der Waals surface area contributed by atoms with E-state index in [4.69, 9.17) is 0 Å². The van der Waals surface area contributed by atoms with E-state index in [1.165, 1.54) is 18.2 Å². The highest BCUT2D eigenvalue weighted by Gasteiger charge is 2.27. The van der Waals surface area contributed by atoms with E-state index >= 15 is 0 Å². The maximum atomic E-state index is 13.3. The van der Waals surface area contributed by atoms with Gasteiger partial charge in [-0.25, -0.2) is 4.39 Å². The van der Waals surface area contributed by atoms with Crippen LogP contribution in [0.3, 0.4) is 0 Å². The average Bonchev–Trinajstić information content (AvgIpc) is 2.59. The quantitative estimate of drug-likeness (QED) is 0.780. The summed E-state index contributed by atoms with van der Waals surface area (Å²) in [7, 11) is 0. The summed E-state index contributed by atoms with van der Waals surface area (Å²) in [5.41, 5.74) is 0.333. The molecule has 0 bridgehead atoms. The van der Waals surface area contributed by atoms with Crippen molar-refractivity contribution >= 4 is 11.7 Å². The van der Waals surface area contributed by atoms with Crippen LogP contribution in [0.1, 0.15) is 49.9 Å². The van der Waals surface area contributed by atoms with E-state index in [-0.39, 0.29) is 24.2 Å². The summed E-state index contributed by atoms with van der Waals surface area (Å²) in [5.74, 6) is -1.02. The molecule has 1 aromatic rings. The Bertz CT molecular complexity index is 570. The first-order valence-electron chi connectivity index (χ1n) is 8.83. The maximum Gasteiger partial charge on any atom is 0.223 e. The van der Waals surface area contributed by atoms with Gasteiger partial charge in [-0.2, -0.15) is 0 Å². The van der Waals surface area contributed by atoms with Crippen molar-refractivity contribution < 1.29 is 14.0 Å². The van der Waals surface area contributed by atoms with Gasteiger partial charge in [0, 0.05) is 30.5 Å². The van der Waals surface area contributed by atoms with E-state index < -0.39 is 11.7 Å². The van der Waals surface area contributed by atoms with Gasteiger partial charge in [0.15, 0.2) is 5.78 Å². The molecule has 1 aliphatic rings. The van der Waals surface area contributed by atoms with Crippen LogP contribution >= 0.6 is 0 Å². The third-order valence-corrected chi connectivity index (χ3v) is 4.57. The van der Waals surface area contributed by atoms with Crippen molar-refractivity contribution in [2.24, 2.45) is 5.92 Å². The molecule has 0 radical (unpaired) electrons. The number of nitrogens with one attached hydrogen (secondary N) is 1. The zero-order chi connectivity index (χ0) is 17.5. The first-order valence-corrected chi connectivity index (χ1v) is 8.83. The van der Waals surface area contributed by atoms with Gasteiger partial charge >= 0.3 is 0 Å². The van der Waals surface area contributed by atoms with E-state index in [1.54, 1.807) is 13.0 Å². The lowest BCUT2D eigenvalue weighted by atomic mass is 9.95. The van der Waals surface area contributed by atoms with Crippen LogP contribution in [0.4, 0.5) is 4.39 Å². The zero-order valence-corrected chi connectivity index (χ0v) is 14.6. The molecule has 1 amide bonds. The van der Waals surface area contributed by atoms with Crippen molar-refractivity contribution in [3.8, 4) is 0 Å². The number of ketones is 1. The van der Waals surface area contributed by atoms with E-state index in [1.807, 2.05) is 4.90 Å². The SMILES string of the molecule is CCCN(C(=O)CC(C)C(=O)c1cccc(F)c1)C1CCNCC1. The highest BCUT2D eigenvalue weighted by atomic mass is 19.1. The number of nitrogens with zero attached hydrogens (tertiary/aromatic N) is 1. The molecule has 1 aromatic carbocycles. The molecule has 2 rings (SSSR count). The zero-order valence-electron chi connectivity index (χ0n) is 14.6. The fourth-order valence-corrected chi connectivity index (χ4v) is 3.27. The second-order valence-electron chi connectivity index (χ2n) is 6.55. The highest BCUT2D eigenvalue weighted by Crippen LogP contribution is 2.19. The van der Waals surface area contributed by atoms with Gasteiger partial charge < -0.3 is 10.2 Å². The molecule has 4 nitrogen and oxygen atoms in total. The lowest BCUT2D eigenvalue weighted by Gasteiger charge is -2.35. The van der Waals surface area contributed by atoms with Crippen molar-refractivity contribution in [2.45, 2.75) is 45.6 Å². The van der Waals surface area contributed by atoms with Gasteiger partial charge in [0.05, 0.1) is 0 Å². The Labute approximate surface area is 143 Å². The minimum Gasteiger partial charge on any atom is -0.340 e. The lowest BCUT2D eigenvalue weighted by Crippen LogP contribution is -2.47. The van der Waals surface area contributed by atoms with Crippen molar-refractivity contribution in [3.05, 3.63) is 35.6 Å². The average molecular weight is 334 g/mol. The van der Waals surface area contributed by atoms with Crippen LogP contribution in [0.15, 0.2) is 24.3 Å². The van der Waals surface area contributed by atoms with Crippen molar-refractivity contribution in [1.29, 1.82) is 0 Å². The first kappa shape index (κ1) is 18.6. The van der Waals surface area contributed by atoms with Gasteiger partial charge in [0.25, 0.3) is 0 Å². The number of piperidine rings is 1. The summed E-state index contributed by atoms with van der Waals surface area (Å²) in [4.78, 5) is 27.1. The largest absolute Gasteiger partial charge is 0.340 e. The predicted molar refractivity (Wildman–Crippen MR) is 92.4 cm³/mol. The molecule has 1 fully saturated rings. The minimum absolute atomic E-state index is 0.0287. The smallest absolute Gasteiger partial charge is 0.223 e. The molecule has 1 aliphatic heterocycles. The Kier molecular flexibility index (Phi) is 6.91. The number of carbonyl (C=O) groups excluding carboxylic acids is 2. The third-order valence-electron chi connectivity index (χ3n) is 4.57. The van der Waals surface area contributed by atoms with E-state index in [0.717, 1.165) is 38.9 Å². The van der Waals surface area contributed by atoms with Crippen LogP contribution in [0, 0.1) is 11.7 Å². The molecule has 24 heavy (non-hydrogen) atoms. The van der Waals surface area contributed by atoms with Gasteiger partial charge in [0.2, 0.25) is 5.91 Å². The molecule has 1 atom stereocenters. The van der Waals surface area contributed by atoms with Crippen molar-refractivity contribution in [1.82, 2.24) is 10.2 Å². The lowest BCUT2D eigenvalue weighted by molar-refractivity contribution is -0.134. The molecule has 0 aliphatic carbocycles. The molecule has 5 heteroatoms. The Morgan fingerprint density at radius 3 is 2.67 bits per heavy atom. The molecule has 1 N–H and O–H groups in total. The number of hydrogen-bond acceptors (Lipinski definition) is 3. The minimum atomic E-state index is -0.444. The summed E-state index contributed by atoms with van der Waals surface area (Å²) in [5, 5.41) is 3.31.